The van der Waals surface area contributed by atoms with Crippen LogP contribution in [0.2, 0.25) is 0 Å². The van der Waals surface area contributed by atoms with Crippen molar-refractivity contribution < 1.29 is 14.3 Å². The Hall–Kier alpha value is -2.82. The van der Waals surface area contributed by atoms with Crippen molar-refractivity contribution in [2.45, 2.75) is 40.0 Å². The number of carbonyl (C=O) groups is 2. The molecule has 1 aliphatic heterocycles. The lowest BCUT2D eigenvalue weighted by molar-refractivity contribution is -0.134. The fraction of sp³-hybridized carbons (Fsp3) is 0.440. The summed E-state index contributed by atoms with van der Waals surface area (Å²) in [6, 6.07) is 13.7. The molecule has 160 valence electrons. The van der Waals surface area contributed by atoms with Crippen LogP contribution in [-0.4, -0.2) is 54.4 Å². The van der Waals surface area contributed by atoms with Gasteiger partial charge in [0.25, 0.3) is 11.8 Å². The molecule has 0 aliphatic carbocycles. The van der Waals surface area contributed by atoms with Crippen LogP contribution in [0.1, 0.15) is 47.8 Å². The number of aryl methyl sites for hydroxylation is 2. The van der Waals surface area contributed by atoms with Crippen LogP contribution in [0.25, 0.3) is 0 Å². The average molecular weight is 409 g/mol. The first-order valence-corrected chi connectivity index (χ1v) is 10.5. The fourth-order valence-electron chi connectivity index (χ4n) is 3.62. The second kappa shape index (κ2) is 8.90. The zero-order valence-corrected chi connectivity index (χ0v) is 18.7. The normalized spacial score (nSPS) is 14.6. The van der Waals surface area contributed by atoms with Crippen LogP contribution < -0.4 is 4.74 Å². The third kappa shape index (κ3) is 5.21. The molecule has 1 saturated heterocycles. The molecule has 0 N–H and O–H groups in total. The SMILES string of the molecule is Cc1ccc(C(=O)N2CCN(C(=O)COc3ccc(C)cc3C(C)(C)C)CC2)cc1. The Morgan fingerprint density at radius 2 is 1.43 bits per heavy atom. The van der Waals surface area contributed by atoms with Crippen LogP contribution in [-0.2, 0) is 10.2 Å². The molecule has 5 heteroatoms. The molecule has 2 aromatic rings. The Bertz CT molecular complexity index is 905. The van der Waals surface area contributed by atoms with Crippen molar-refractivity contribution >= 4 is 11.8 Å². The zero-order chi connectivity index (χ0) is 21.9. The monoisotopic (exact) mass is 408 g/mol. The van der Waals surface area contributed by atoms with Gasteiger partial charge in [-0.3, -0.25) is 9.59 Å². The molecule has 3 rings (SSSR count). The lowest BCUT2D eigenvalue weighted by Gasteiger charge is -2.35. The quantitative estimate of drug-likeness (QED) is 0.769. The van der Waals surface area contributed by atoms with Crippen molar-refractivity contribution in [3.63, 3.8) is 0 Å². The van der Waals surface area contributed by atoms with Gasteiger partial charge in [0.1, 0.15) is 5.75 Å². The summed E-state index contributed by atoms with van der Waals surface area (Å²) in [5.74, 6) is 0.736. The van der Waals surface area contributed by atoms with Gasteiger partial charge in [0, 0.05) is 31.7 Å². The summed E-state index contributed by atoms with van der Waals surface area (Å²) in [7, 11) is 0. The summed E-state index contributed by atoms with van der Waals surface area (Å²) in [5.41, 5.74) is 4.03. The van der Waals surface area contributed by atoms with Gasteiger partial charge in [-0.15, -0.1) is 0 Å². The second-order valence-electron chi connectivity index (χ2n) is 9.08. The minimum absolute atomic E-state index is 0.0120. The number of benzene rings is 2. The van der Waals surface area contributed by atoms with Gasteiger partial charge in [-0.2, -0.15) is 0 Å². The van der Waals surface area contributed by atoms with Crippen LogP contribution in [0.5, 0.6) is 5.75 Å². The maximum atomic E-state index is 12.7. The number of piperazine rings is 1. The van der Waals surface area contributed by atoms with E-state index in [0.717, 1.165) is 16.9 Å². The predicted molar refractivity (Wildman–Crippen MR) is 119 cm³/mol. The van der Waals surface area contributed by atoms with E-state index in [9.17, 15) is 9.59 Å². The standard InChI is InChI=1S/C25H32N2O3/c1-18-6-9-20(10-7-18)24(29)27-14-12-26(13-15-27)23(28)17-30-22-11-8-19(2)16-21(22)25(3,4)5/h6-11,16H,12-15,17H2,1-5H3. The minimum Gasteiger partial charge on any atom is -0.483 e. The van der Waals surface area contributed by atoms with Crippen LogP contribution in [0.15, 0.2) is 42.5 Å². The summed E-state index contributed by atoms with van der Waals surface area (Å²) in [5, 5.41) is 0. The van der Waals surface area contributed by atoms with Gasteiger partial charge in [0.05, 0.1) is 0 Å². The molecule has 0 unspecified atom stereocenters. The molecule has 1 heterocycles. The van der Waals surface area contributed by atoms with Gasteiger partial charge < -0.3 is 14.5 Å². The van der Waals surface area contributed by atoms with E-state index in [2.05, 4.69) is 33.8 Å². The third-order valence-corrected chi connectivity index (χ3v) is 5.51. The van der Waals surface area contributed by atoms with Crippen molar-refractivity contribution in [2.24, 2.45) is 0 Å². The molecular formula is C25H32N2O3. The highest BCUT2D eigenvalue weighted by Crippen LogP contribution is 2.32. The smallest absolute Gasteiger partial charge is 0.260 e. The fourth-order valence-corrected chi connectivity index (χ4v) is 3.62. The lowest BCUT2D eigenvalue weighted by atomic mass is 9.85. The number of nitrogens with zero attached hydrogens (tertiary/aromatic N) is 2. The van der Waals surface area contributed by atoms with Crippen molar-refractivity contribution in [1.29, 1.82) is 0 Å². The summed E-state index contributed by atoms with van der Waals surface area (Å²) in [6.45, 7) is 12.6. The molecule has 2 aromatic carbocycles. The summed E-state index contributed by atoms with van der Waals surface area (Å²) >= 11 is 0. The van der Waals surface area contributed by atoms with Gasteiger partial charge in [-0.25, -0.2) is 0 Å². The molecule has 2 amide bonds. The number of carbonyl (C=O) groups excluding carboxylic acids is 2. The van der Waals surface area contributed by atoms with E-state index in [1.807, 2.05) is 48.2 Å². The van der Waals surface area contributed by atoms with Crippen LogP contribution >= 0.6 is 0 Å². The molecule has 0 saturated carbocycles. The minimum atomic E-state index is -0.0631. The maximum absolute atomic E-state index is 12.7. The molecule has 0 spiro atoms. The van der Waals surface area contributed by atoms with Crippen molar-refractivity contribution in [1.82, 2.24) is 9.80 Å². The molecule has 0 atom stereocenters. The first-order chi connectivity index (χ1) is 14.1. The van der Waals surface area contributed by atoms with Gasteiger partial charge in [-0.1, -0.05) is 56.2 Å². The van der Waals surface area contributed by atoms with E-state index in [1.165, 1.54) is 5.56 Å². The molecule has 1 fully saturated rings. The zero-order valence-electron chi connectivity index (χ0n) is 18.7. The predicted octanol–water partition coefficient (Wildman–Crippen LogP) is 3.96. The molecule has 0 radical (unpaired) electrons. The Morgan fingerprint density at radius 3 is 2.03 bits per heavy atom. The summed E-state index contributed by atoms with van der Waals surface area (Å²) in [4.78, 5) is 28.9. The highest BCUT2D eigenvalue weighted by atomic mass is 16.5. The summed E-state index contributed by atoms with van der Waals surface area (Å²) in [6.07, 6.45) is 0. The van der Waals surface area contributed by atoms with Crippen LogP contribution in [0.3, 0.4) is 0 Å². The topological polar surface area (TPSA) is 49.9 Å². The van der Waals surface area contributed by atoms with E-state index in [0.29, 0.717) is 31.7 Å². The van der Waals surface area contributed by atoms with Gasteiger partial charge >= 0.3 is 0 Å². The van der Waals surface area contributed by atoms with Crippen LogP contribution in [0.4, 0.5) is 0 Å². The van der Waals surface area contributed by atoms with Crippen molar-refractivity contribution in [3.8, 4) is 5.75 Å². The number of ether oxygens (including phenoxy) is 1. The molecule has 0 bridgehead atoms. The number of hydrogen-bond acceptors (Lipinski definition) is 3. The van der Waals surface area contributed by atoms with Crippen molar-refractivity contribution in [2.75, 3.05) is 32.8 Å². The first-order valence-electron chi connectivity index (χ1n) is 10.5. The highest BCUT2D eigenvalue weighted by Gasteiger charge is 2.26. The van der Waals surface area contributed by atoms with E-state index >= 15 is 0 Å². The van der Waals surface area contributed by atoms with Gasteiger partial charge in [-0.05, 0) is 43.0 Å². The van der Waals surface area contributed by atoms with E-state index in [4.69, 9.17) is 4.74 Å². The molecular weight excluding hydrogens is 376 g/mol. The average Bonchev–Trinajstić information content (AvgIpc) is 2.72. The van der Waals surface area contributed by atoms with E-state index < -0.39 is 0 Å². The number of amides is 2. The van der Waals surface area contributed by atoms with Crippen LogP contribution in [0, 0.1) is 13.8 Å². The largest absolute Gasteiger partial charge is 0.483 e. The molecule has 30 heavy (non-hydrogen) atoms. The Kier molecular flexibility index (Phi) is 6.49. The van der Waals surface area contributed by atoms with E-state index in [-0.39, 0.29) is 23.8 Å². The maximum Gasteiger partial charge on any atom is 0.260 e. The highest BCUT2D eigenvalue weighted by molar-refractivity contribution is 5.94. The lowest BCUT2D eigenvalue weighted by Crippen LogP contribution is -2.51. The van der Waals surface area contributed by atoms with Gasteiger partial charge in [0.2, 0.25) is 0 Å². The number of rotatable bonds is 4. The summed E-state index contributed by atoms with van der Waals surface area (Å²) < 4.78 is 5.92. The Labute approximate surface area is 179 Å². The number of hydrogen-bond donors (Lipinski definition) is 0. The Morgan fingerprint density at radius 1 is 0.867 bits per heavy atom. The second-order valence-corrected chi connectivity index (χ2v) is 9.08. The molecule has 1 aliphatic rings. The molecule has 0 aromatic heterocycles. The Balaban J connectivity index is 1.55. The third-order valence-electron chi connectivity index (χ3n) is 5.51. The van der Waals surface area contributed by atoms with Crippen molar-refractivity contribution in [3.05, 3.63) is 64.7 Å². The van der Waals surface area contributed by atoms with Gasteiger partial charge in [0.15, 0.2) is 6.61 Å². The molecule has 5 nitrogen and oxygen atoms in total. The van der Waals surface area contributed by atoms with E-state index in [1.54, 1.807) is 4.90 Å². The first kappa shape index (κ1) is 21.9.